The van der Waals surface area contributed by atoms with E-state index in [9.17, 15) is 14.7 Å². The quantitative estimate of drug-likeness (QED) is 0.785. The Labute approximate surface area is 133 Å². The number of morpholine rings is 1. The van der Waals surface area contributed by atoms with Crippen LogP contribution in [0.3, 0.4) is 0 Å². The molecule has 1 aromatic heterocycles. The first-order chi connectivity index (χ1) is 11.2. The van der Waals surface area contributed by atoms with Crippen LogP contribution in [0.4, 0.5) is 0 Å². The Kier molecular flexibility index (Phi) is 4.80. The van der Waals surface area contributed by atoms with Crippen molar-refractivity contribution >= 4 is 6.21 Å². The Morgan fingerprint density at radius 1 is 1.17 bits per heavy atom. The van der Waals surface area contributed by atoms with Gasteiger partial charge in [0.15, 0.2) is 0 Å². The zero-order chi connectivity index (χ0) is 16.2. The smallest absolute Gasteiger partial charge is 0.331 e. The van der Waals surface area contributed by atoms with E-state index >= 15 is 0 Å². The van der Waals surface area contributed by atoms with Crippen molar-refractivity contribution in [1.82, 2.24) is 14.6 Å². The van der Waals surface area contributed by atoms with Gasteiger partial charge in [-0.3, -0.25) is 19.4 Å². The second-order valence-electron chi connectivity index (χ2n) is 5.97. The zero-order valence-electron chi connectivity index (χ0n) is 13.0. The molecular weight excluding hydrogens is 300 g/mol. The molecular formula is C15H22N4O4. The lowest BCUT2D eigenvalue weighted by Crippen LogP contribution is -2.36. The van der Waals surface area contributed by atoms with Gasteiger partial charge in [0.25, 0.3) is 5.56 Å². The highest BCUT2D eigenvalue weighted by Gasteiger charge is 2.22. The minimum absolute atomic E-state index is 0.0293. The molecule has 1 saturated carbocycles. The van der Waals surface area contributed by atoms with Crippen LogP contribution in [0.25, 0.3) is 0 Å². The molecule has 2 aliphatic rings. The molecule has 8 heteroatoms. The van der Waals surface area contributed by atoms with E-state index in [4.69, 9.17) is 4.74 Å². The maximum atomic E-state index is 12.1. The number of rotatable bonds is 3. The van der Waals surface area contributed by atoms with Crippen molar-refractivity contribution < 1.29 is 9.84 Å². The molecule has 0 amide bonds. The SMILES string of the molecule is O=c1[nH]c(=O)n(C2CCCCC2)c(O)c1C=NN1CCOCC1. The van der Waals surface area contributed by atoms with Gasteiger partial charge in [-0.25, -0.2) is 4.79 Å². The average Bonchev–Trinajstić information content (AvgIpc) is 2.56. The van der Waals surface area contributed by atoms with E-state index in [0.717, 1.165) is 32.1 Å². The minimum atomic E-state index is -0.614. The Hall–Kier alpha value is -2.09. The third-order valence-corrected chi connectivity index (χ3v) is 4.43. The van der Waals surface area contributed by atoms with Gasteiger partial charge in [0.1, 0.15) is 5.56 Å². The van der Waals surface area contributed by atoms with Crippen LogP contribution in [0.1, 0.15) is 43.7 Å². The summed E-state index contributed by atoms with van der Waals surface area (Å²) >= 11 is 0. The fourth-order valence-corrected chi connectivity index (χ4v) is 3.16. The predicted molar refractivity (Wildman–Crippen MR) is 85.1 cm³/mol. The molecule has 0 spiro atoms. The number of hydrogen-bond donors (Lipinski definition) is 2. The molecule has 2 fully saturated rings. The Bertz CT molecular complexity index is 682. The molecule has 0 unspecified atom stereocenters. The first-order valence-electron chi connectivity index (χ1n) is 8.11. The van der Waals surface area contributed by atoms with Crippen molar-refractivity contribution in [2.45, 2.75) is 38.1 Å². The Morgan fingerprint density at radius 3 is 2.57 bits per heavy atom. The molecule has 2 heterocycles. The number of ether oxygens (including phenoxy) is 1. The van der Waals surface area contributed by atoms with Crippen LogP contribution in [0.2, 0.25) is 0 Å². The van der Waals surface area contributed by atoms with E-state index in [1.54, 1.807) is 5.01 Å². The molecule has 23 heavy (non-hydrogen) atoms. The molecule has 8 nitrogen and oxygen atoms in total. The van der Waals surface area contributed by atoms with Crippen LogP contribution < -0.4 is 11.2 Å². The fraction of sp³-hybridized carbons (Fsp3) is 0.667. The molecule has 1 saturated heterocycles. The van der Waals surface area contributed by atoms with Crippen LogP contribution in [-0.4, -0.2) is 52.2 Å². The number of hydrogen-bond acceptors (Lipinski definition) is 6. The number of nitrogens with zero attached hydrogens (tertiary/aromatic N) is 3. The highest BCUT2D eigenvalue weighted by molar-refractivity contribution is 5.81. The first kappa shape index (κ1) is 15.8. The molecule has 0 bridgehead atoms. The van der Waals surface area contributed by atoms with E-state index in [1.807, 2.05) is 0 Å². The summed E-state index contributed by atoms with van der Waals surface area (Å²) < 4.78 is 6.54. The minimum Gasteiger partial charge on any atom is -0.494 e. The predicted octanol–water partition coefficient (Wildman–Crippen LogP) is 0.413. The third kappa shape index (κ3) is 3.47. The van der Waals surface area contributed by atoms with Crippen molar-refractivity contribution in [2.24, 2.45) is 5.10 Å². The molecule has 1 aliphatic carbocycles. The number of aromatic hydroxyl groups is 1. The maximum absolute atomic E-state index is 12.1. The van der Waals surface area contributed by atoms with Gasteiger partial charge in [-0.2, -0.15) is 5.10 Å². The summed E-state index contributed by atoms with van der Waals surface area (Å²) in [6, 6.07) is -0.0661. The van der Waals surface area contributed by atoms with Crippen LogP contribution in [0.15, 0.2) is 14.7 Å². The highest BCUT2D eigenvalue weighted by Crippen LogP contribution is 2.29. The standard InChI is InChI=1S/C15H22N4O4/c20-13-12(10-16-18-6-8-23-9-7-18)14(21)19(15(22)17-13)11-4-2-1-3-5-11/h10-11,21H,1-9H2,(H,17,20,22). The molecule has 126 valence electrons. The average molecular weight is 322 g/mol. The maximum Gasteiger partial charge on any atom is 0.331 e. The summed E-state index contributed by atoms with van der Waals surface area (Å²) in [6.45, 7) is 2.44. The van der Waals surface area contributed by atoms with E-state index in [2.05, 4.69) is 10.1 Å². The van der Waals surface area contributed by atoms with Crippen molar-refractivity contribution in [3.63, 3.8) is 0 Å². The summed E-state index contributed by atoms with van der Waals surface area (Å²) in [4.78, 5) is 26.4. The van der Waals surface area contributed by atoms with Crippen molar-refractivity contribution in [3.8, 4) is 5.88 Å². The number of aromatic amines is 1. The highest BCUT2D eigenvalue weighted by atomic mass is 16.5. The molecule has 0 aromatic carbocycles. The molecule has 2 N–H and O–H groups in total. The summed E-state index contributed by atoms with van der Waals surface area (Å²) in [5.74, 6) is -0.289. The molecule has 1 aromatic rings. The van der Waals surface area contributed by atoms with Gasteiger partial charge in [0.05, 0.1) is 32.5 Å². The number of nitrogens with one attached hydrogen (secondary N) is 1. The van der Waals surface area contributed by atoms with Gasteiger partial charge in [0.2, 0.25) is 5.88 Å². The summed E-state index contributed by atoms with van der Waals surface area (Å²) in [7, 11) is 0. The van der Waals surface area contributed by atoms with Gasteiger partial charge >= 0.3 is 5.69 Å². The van der Waals surface area contributed by atoms with Crippen molar-refractivity contribution in [2.75, 3.05) is 26.3 Å². The number of aromatic nitrogens is 2. The van der Waals surface area contributed by atoms with Crippen LogP contribution in [0.5, 0.6) is 5.88 Å². The van der Waals surface area contributed by atoms with Gasteiger partial charge in [0, 0.05) is 6.04 Å². The zero-order valence-corrected chi connectivity index (χ0v) is 13.0. The summed E-state index contributed by atoms with van der Waals surface area (Å²) in [5, 5.41) is 16.4. The van der Waals surface area contributed by atoms with E-state index in [0.29, 0.717) is 26.3 Å². The molecule has 3 rings (SSSR count). The fourth-order valence-electron chi connectivity index (χ4n) is 3.16. The van der Waals surface area contributed by atoms with Crippen LogP contribution in [0, 0.1) is 0 Å². The first-order valence-corrected chi connectivity index (χ1v) is 8.11. The topological polar surface area (TPSA) is 99.9 Å². The van der Waals surface area contributed by atoms with E-state index < -0.39 is 11.2 Å². The molecule has 0 atom stereocenters. The molecule has 1 aliphatic heterocycles. The number of H-pyrrole nitrogens is 1. The summed E-state index contributed by atoms with van der Waals surface area (Å²) in [6.07, 6.45) is 6.18. The second-order valence-corrected chi connectivity index (χ2v) is 5.97. The van der Waals surface area contributed by atoms with Crippen LogP contribution in [-0.2, 0) is 4.74 Å². The van der Waals surface area contributed by atoms with Gasteiger partial charge in [-0.1, -0.05) is 19.3 Å². The lowest BCUT2D eigenvalue weighted by atomic mass is 9.95. The Morgan fingerprint density at radius 2 is 1.87 bits per heavy atom. The lowest BCUT2D eigenvalue weighted by molar-refractivity contribution is 0.0396. The van der Waals surface area contributed by atoms with Gasteiger partial charge in [-0.05, 0) is 12.8 Å². The van der Waals surface area contributed by atoms with Crippen LogP contribution >= 0.6 is 0 Å². The number of hydrazone groups is 1. The Balaban J connectivity index is 1.91. The summed E-state index contributed by atoms with van der Waals surface area (Å²) in [5.41, 5.74) is -1.14. The van der Waals surface area contributed by atoms with Crippen molar-refractivity contribution in [3.05, 3.63) is 26.4 Å². The van der Waals surface area contributed by atoms with Gasteiger partial charge < -0.3 is 9.84 Å². The van der Waals surface area contributed by atoms with E-state index in [1.165, 1.54) is 10.8 Å². The normalized spacial score (nSPS) is 20.3. The third-order valence-electron chi connectivity index (χ3n) is 4.43. The molecule has 0 radical (unpaired) electrons. The van der Waals surface area contributed by atoms with Gasteiger partial charge in [-0.15, -0.1) is 0 Å². The lowest BCUT2D eigenvalue weighted by Gasteiger charge is -2.25. The van der Waals surface area contributed by atoms with Crippen molar-refractivity contribution in [1.29, 1.82) is 0 Å². The largest absolute Gasteiger partial charge is 0.494 e. The monoisotopic (exact) mass is 322 g/mol. The van der Waals surface area contributed by atoms with E-state index in [-0.39, 0.29) is 17.5 Å². The second kappa shape index (κ2) is 6.99.